The average molecular weight is 328 g/mol. The van der Waals surface area contributed by atoms with Crippen molar-refractivity contribution in [3.05, 3.63) is 33.8 Å². The zero-order chi connectivity index (χ0) is 13.1. The molecule has 0 atom stereocenters. The summed E-state index contributed by atoms with van der Waals surface area (Å²) in [5.41, 5.74) is 2.01. The number of carbonyl (C=O) groups excluding carboxylic acids is 1. The minimum absolute atomic E-state index is 0.165. The van der Waals surface area contributed by atoms with Crippen LogP contribution in [0.5, 0.6) is 0 Å². The first-order valence-corrected chi connectivity index (χ1v) is 8.20. The quantitative estimate of drug-likeness (QED) is 0.824. The largest absolute Gasteiger partial charge is 0.337 e. The number of hydrogen-bond acceptors (Lipinski definition) is 2. The van der Waals surface area contributed by atoms with E-state index in [1.165, 1.54) is 5.56 Å². The van der Waals surface area contributed by atoms with Gasteiger partial charge in [0.25, 0.3) is 5.91 Å². The van der Waals surface area contributed by atoms with Gasteiger partial charge in [0.2, 0.25) is 0 Å². The predicted molar refractivity (Wildman–Crippen MR) is 81.5 cm³/mol. The maximum atomic E-state index is 12.4. The molecule has 1 aromatic rings. The van der Waals surface area contributed by atoms with Crippen molar-refractivity contribution in [2.45, 2.75) is 19.8 Å². The lowest BCUT2D eigenvalue weighted by atomic mass is 10.0. The molecule has 2 nitrogen and oxygen atoms in total. The number of carbonyl (C=O) groups is 1. The summed E-state index contributed by atoms with van der Waals surface area (Å²) in [6, 6.07) is 6.04. The van der Waals surface area contributed by atoms with Crippen molar-refractivity contribution in [3.8, 4) is 0 Å². The van der Waals surface area contributed by atoms with Crippen molar-refractivity contribution in [1.29, 1.82) is 0 Å². The molecule has 0 radical (unpaired) electrons. The van der Waals surface area contributed by atoms with Crippen LogP contribution in [0.2, 0.25) is 0 Å². The van der Waals surface area contributed by atoms with Gasteiger partial charge in [-0.1, -0.05) is 29.8 Å². The van der Waals surface area contributed by atoms with Gasteiger partial charge in [0.05, 0.1) is 0 Å². The molecular formula is C14H18BrNOS. The molecule has 0 aliphatic carbocycles. The van der Waals surface area contributed by atoms with E-state index in [9.17, 15) is 4.79 Å². The second-order valence-corrected chi connectivity index (χ2v) is 6.97. The third-order valence-corrected chi connectivity index (χ3v) is 4.53. The van der Waals surface area contributed by atoms with Gasteiger partial charge in [-0.25, -0.2) is 0 Å². The van der Waals surface area contributed by atoms with Crippen molar-refractivity contribution < 1.29 is 4.79 Å². The highest BCUT2D eigenvalue weighted by molar-refractivity contribution is 9.10. The molecule has 1 aliphatic rings. The van der Waals surface area contributed by atoms with Crippen LogP contribution in [0.15, 0.2) is 22.7 Å². The third-order valence-electron chi connectivity index (χ3n) is 3.13. The second kappa shape index (κ2) is 6.11. The summed E-state index contributed by atoms with van der Waals surface area (Å²) in [4.78, 5) is 14.4. The van der Waals surface area contributed by atoms with Crippen LogP contribution in [0.3, 0.4) is 0 Å². The lowest BCUT2D eigenvalue weighted by Crippen LogP contribution is -2.37. The molecule has 2 rings (SSSR count). The van der Waals surface area contributed by atoms with Crippen LogP contribution in [-0.4, -0.2) is 35.4 Å². The Morgan fingerprint density at radius 3 is 2.56 bits per heavy atom. The molecule has 1 fully saturated rings. The molecule has 98 valence electrons. The first-order valence-electron chi connectivity index (χ1n) is 6.25. The molecule has 1 aliphatic heterocycles. The Balaban J connectivity index is 2.23. The normalized spacial score (nSPS) is 16.1. The summed E-state index contributed by atoms with van der Waals surface area (Å²) in [5, 5.41) is 0. The smallest absolute Gasteiger partial charge is 0.253 e. The van der Waals surface area contributed by atoms with Crippen molar-refractivity contribution in [2.75, 3.05) is 24.6 Å². The van der Waals surface area contributed by atoms with E-state index < -0.39 is 0 Å². The van der Waals surface area contributed by atoms with Crippen LogP contribution in [0.1, 0.15) is 35.7 Å². The lowest BCUT2D eigenvalue weighted by Gasteiger charge is -2.26. The van der Waals surface area contributed by atoms with Crippen LogP contribution in [0.4, 0.5) is 0 Å². The third kappa shape index (κ3) is 3.29. The van der Waals surface area contributed by atoms with Gasteiger partial charge in [-0.15, -0.1) is 0 Å². The van der Waals surface area contributed by atoms with Crippen LogP contribution < -0.4 is 0 Å². The minimum Gasteiger partial charge on any atom is -0.337 e. The molecular weight excluding hydrogens is 310 g/mol. The lowest BCUT2D eigenvalue weighted by molar-refractivity contribution is 0.0772. The SMILES string of the molecule is CC(C)c1cc(Br)cc(C(=O)N2CCSCC2)c1. The Labute approximate surface area is 121 Å². The van der Waals surface area contributed by atoms with Gasteiger partial charge >= 0.3 is 0 Å². The molecule has 0 bridgehead atoms. The summed E-state index contributed by atoms with van der Waals surface area (Å²) in [6.07, 6.45) is 0. The number of benzene rings is 1. The van der Waals surface area contributed by atoms with Gasteiger partial charge < -0.3 is 4.90 Å². The highest BCUT2D eigenvalue weighted by Gasteiger charge is 2.19. The molecule has 1 aromatic carbocycles. The molecule has 1 saturated heterocycles. The topological polar surface area (TPSA) is 20.3 Å². The van der Waals surface area contributed by atoms with E-state index >= 15 is 0 Å². The van der Waals surface area contributed by atoms with E-state index in [0.29, 0.717) is 5.92 Å². The number of rotatable bonds is 2. The average Bonchev–Trinajstić information content (AvgIpc) is 2.38. The zero-order valence-electron chi connectivity index (χ0n) is 10.8. The van der Waals surface area contributed by atoms with Crippen LogP contribution in [0, 0.1) is 0 Å². The summed E-state index contributed by atoms with van der Waals surface area (Å²) in [5.74, 6) is 2.71. The molecule has 0 aromatic heterocycles. The van der Waals surface area contributed by atoms with Crippen molar-refractivity contribution in [2.24, 2.45) is 0 Å². The number of nitrogens with zero attached hydrogens (tertiary/aromatic N) is 1. The molecule has 1 heterocycles. The zero-order valence-corrected chi connectivity index (χ0v) is 13.2. The van der Waals surface area contributed by atoms with Crippen molar-refractivity contribution >= 4 is 33.6 Å². The van der Waals surface area contributed by atoms with Gasteiger partial charge in [0.15, 0.2) is 0 Å². The predicted octanol–water partition coefficient (Wildman–Crippen LogP) is 3.76. The van der Waals surface area contributed by atoms with Gasteiger partial charge in [0, 0.05) is 34.6 Å². The molecule has 0 unspecified atom stereocenters. The molecule has 0 N–H and O–H groups in total. The number of halogens is 1. The van der Waals surface area contributed by atoms with E-state index in [0.717, 1.165) is 34.6 Å². The molecule has 0 saturated carbocycles. The maximum absolute atomic E-state index is 12.4. The van der Waals surface area contributed by atoms with Gasteiger partial charge in [-0.2, -0.15) is 11.8 Å². The standard InChI is InChI=1S/C14H18BrNOS/c1-10(2)11-7-12(9-13(15)8-11)14(17)16-3-5-18-6-4-16/h7-10H,3-6H2,1-2H3. The van der Waals surface area contributed by atoms with Gasteiger partial charge in [-0.05, 0) is 29.7 Å². The second-order valence-electron chi connectivity index (χ2n) is 4.83. The first kappa shape index (κ1) is 13.9. The Morgan fingerprint density at radius 2 is 1.94 bits per heavy atom. The highest BCUT2D eigenvalue weighted by atomic mass is 79.9. The monoisotopic (exact) mass is 327 g/mol. The Hall–Kier alpha value is -0.480. The molecule has 18 heavy (non-hydrogen) atoms. The Kier molecular flexibility index (Phi) is 4.73. The van der Waals surface area contributed by atoms with Gasteiger partial charge in [0.1, 0.15) is 0 Å². The Morgan fingerprint density at radius 1 is 1.28 bits per heavy atom. The summed E-state index contributed by atoms with van der Waals surface area (Å²) in [7, 11) is 0. The van der Waals surface area contributed by atoms with Gasteiger partial charge in [-0.3, -0.25) is 4.79 Å². The first-order chi connectivity index (χ1) is 8.58. The van der Waals surface area contributed by atoms with Crippen molar-refractivity contribution in [3.63, 3.8) is 0 Å². The molecule has 0 spiro atoms. The highest BCUT2D eigenvalue weighted by Crippen LogP contribution is 2.23. The maximum Gasteiger partial charge on any atom is 0.253 e. The van der Waals surface area contributed by atoms with E-state index in [1.54, 1.807) is 0 Å². The Bertz CT molecular complexity index is 441. The van der Waals surface area contributed by atoms with Crippen molar-refractivity contribution in [1.82, 2.24) is 4.90 Å². The van der Waals surface area contributed by atoms with Crippen LogP contribution >= 0.6 is 27.7 Å². The van der Waals surface area contributed by atoms with E-state index in [-0.39, 0.29) is 5.91 Å². The molecule has 1 amide bonds. The fourth-order valence-electron chi connectivity index (χ4n) is 2.02. The van der Waals surface area contributed by atoms with E-state index in [4.69, 9.17) is 0 Å². The summed E-state index contributed by atoms with van der Waals surface area (Å²) >= 11 is 5.42. The number of hydrogen-bond donors (Lipinski definition) is 0. The van der Waals surface area contributed by atoms with E-state index in [1.807, 2.05) is 28.8 Å². The van der Waals surface area contributed by atoms with E-state index in [2.05, 4.69) is 35.8 Å². The number of thioether (sulfide) groups is 1. The summed E-state index contributed by atoms with van der Waals surface area (Å²) < 4.78 is 0.989. The number of amides is 1. The fraction of sp³-hybridized carbons (Fsp3) is 0.500. The molecule has 4 heteroatoms. The fourth-order valence-corrected chi connectivity index (χ4v) is 3.43. The van der Waals surface area contributed by atoms with Crippen LogP contribution in [0.25, 0.3) is 0 Å². The minimum atomic E-state index is 0.165. The van der Waals surface area contributed by atoms with Crippen LogP contribution in [-0.2, 0) is 0 Å². The summed E-state index contributed by atoms with van der Waals surface area (Å²) in [6.45, 7) is 6.03.